The van der Waals surface area contributed by atoms with Crippen LogP contribution in [0.4, 0.5) is 5.69 Å². The van der Waals surface area contributed by atoms with E-state index >= 15 is 0 Å². The molecule has 2 atom stereocenters. The summed E-state index contributed by atoms with van der Waals surface area (Å²) in [5.41, 5.74) is 6.85. The number of carbonyl (C=O) groups is 1. The number of carbonyl (C=O) groups excluding carboxylic acids is 1. The van der Waals surface area contributed by atoms with Gasteiger partial charge in [0.05, 0.1) is 5.56 Å². The first-order valence-corrected chi connectivity index (χ1v) is 7.95. The first-order valence-electron chi connectivity index (χ1n) is 6.87. The molecular weight excluding hydrogens is 353 g/mol. The molecule has 19 heavy (non-hydrogen) atoms. The third-order valence-electron chi connectivity index (χ3n) is 3.86. The lowest BCUT2D eigenvalue weighted by molar-refractivity contribution is 0.000814. The van der Waals surface area contributed by atoms with E-state index in [-0.39, 0.29) is 12.1 Å². The minimum atomic E-state index is -0.277. The Morgan fingerprint density at radius 3 is 2.89 bits per heavy atom. The normalized spacial score (nSPS) is 23.1. The highest BCUT2D eigenvalue weighted by Gasteiger charge is 2.27. The summed E-state index contributed by atoms with van der Waals surface area (Å²) in [7, 11) is 0. The van der Waals surface area contributed by atoms with E-state index in [1.54, 1.807) is 12.1 Å². The third kappa shape index (κ3) is 3.61. The molecule has 2 unspecified atom stereocenters. The largest absolute Gasteiger partial charge is 0.458 e. The van der Waals surface area contributed by atoms with Gasteiger partial charge in [-0.15, -0.1) is 0 Å². The van der Waals surface area contributed by atoms with Crippen molar-refractivity contribution in [1.29, 1.82) is 0 Å². The predicted molar refractivity (Wildman–Crippen MR) is 85.0 cm³/mol. The predicted octanol–water partition coefficient (Wildman–Crippen LogP) is 4.00. The van der Waals surface area contributed by atoms with Crippen LogP contribution in [0.5, 0.6) is 0 Å². The van der Waals surface area contributed by atoms with Crippen molar-refractivity contribution in [2.45, 2.75) is 45.1 Å². The van der Waals surface area contributed by atoms with Gasteiger partial charge in [-0.05, 0) is 72.4 Å². The molecule has 3 nitrogen and oxygen atoms in total. The van der Waals surface area contributed by atoms with E-state index in [1.165, 1.54) is 6.42 Å². The fourth-order valence-corrected chi connectivity index (χ4v) is 3.19. The molecule has 0 bridgehead atoms. The highest BCUT2D eigenvalue weighted by molar-refractivity contribution is 14.1. The highest BCUT2D eigenvalue weighted by Crippen LogP contribution is 2.30. The number of hydrogen-bond acceptors (Lipinski definition) is 3. The average Bonchev–Trinajstić information content (AvgIpc) is 2.42. The van der Waals surface area contributed by atoms with Crippen molar-refractivity contribution >= 4 is 34.2 Å². The van der Waals surface area contributed by atoms with Gasteiger partial charge in [-0.2, -0.15) is 0 Å². The number of rotatable bonds is 3. The van der Waals surface area contributed by atoms with Gasteiger partial charge in [-0.1, -0.05) is 13.3 Å². The lowest BCUT2D eigenvalue weighted by atomic mass is 9.85. The monoisotopic (exact) mass is 373 g/mol. The van der Waals surface area contributed by atoms with Crippen LogP contribution < -0.4 is 5.73 Å². The molecule has 1 aromatic rings. The first kappa shape index (κ1) is 14.6. The van der Waals surface area contributed by atoms with Crippen LogP contribution in [0.15, 0.2) is 18.2 Å². The van der Waals surface area contributed by atoms with Crippen molar-refractivity contribution in [3.05, 3.63) is 27.3 Å². The summed E-state index contributed by atoms with van der Waals surface area (Å²) in [5.74, 6) is 0.225. The second-order valence-electron chi connectivity index (χ2n) is 5.13. The van der Waals surface area contributed by atoms with Gasteiger partial charge in [-0.25, -0.2) is 4.79 Å². The third-order valence-corrected chi connectivity index (χ3v) is 4.53. The van der Waals surface area contributed by atoms with Gasteiger partial charge in [-0.3, -0.25) is 0 Å². The second kappa shape index (κ2) is 6.59. The Morgan fingerprint density at radius 1 is 1.42 bits per heavy atom. The molecule has 1 aliphatic rings. The summed E-state index contributed by atoms with van der Waals surface area (Å²) < 4.78 is 6.69. The van der Waals surface area contributed by atoms with Gasteiger partial charge in [0.25, 0.3) is 0 Å². The maximum absolute atomic E-state index is 12.2. The summed E-state index contributed by atoms with van der Waals surface area (Å²) in [6.45, 7) is 2.16. The van der Waals surface area contributed by atoms with Gasteiger partial charge >= 0.3 is 5.97 Å². The molecule has 0 radical (unpaired) electrons. The van der Waals surface area contributed by atoms with E-state index in [1.807, 2.05) is 6.07 Å². The highest BCUT2D eigenvalue weighted by atomic mass is 127. The molecular formula is C15H20INO2. The summed E-state index contributed by atoms with van der Waals surface area (Å²) in [5, 5.41) is 0. The van der Waals surface area contributed by atoms with E-state index in [0.29, 0.717) is 17.2 Å². The summed E-state index contributed by atoms with van der Waals surface area (Å²) >= 11 is 2.17. The zero-order valence-corrected chi connectivity index (χ0v) is 13.4. The van der Waals surface area contributed by atoms with Crippen molar-refractivity contribution in [3.8, 4) is 0 Å². The fourth-order valence-electron chi connectivity index (χ4n) is 2.70. The van der Waals surface area contributed by atoms with Crippen LogP contribution in [-0.2, 0) is 4.74 Å². The van der Waals surface area contributed by atoms with Gasteiger partial charge in [0.1, 0.15) is 6.10 Å². The zero-order valence-electron chi connectivity index (χ0n) is 11.2. The number of esters is 1. The van der Waals surface area contributed by atoms with Crippen LogP contribution in [-0.4, -0.2) is 12.1 Å². The standard InChI is InChI=1S/C15H20INO2/c1-2-10-5-3-4-6-14(10)19-15(18)12-9-11(16)7-8-13(12)17/h7-10,14H,2-6,17H2,1H3. The number of hydrogen-bond donors (Lipinski definition) is 1. The summed E-state index contributed by atoms with van der Waals surface area (Å²) in [6.07, 6.45) is 5.67. The van der Waals surface area contributed by atoms with Crippen LogP contribution in [0.2, 0.25) is 0 Å². The van der Waals surface area contributed by atoms with E-state index < -0.39 is 0 Å². The van der Waals surface area contributed by atoms with Gasteiger partial charge in [0.2, 0.25) is 0 Å². The molecule has 1 aliphatic carbocycles. The van der Waals surface area contributed by atoms with Crippen molar-refractivity contribution in [2.75, 3.05) is 5.73 Å². The molecule has 0 saturated heterocycles. The molecule has 2 rings (SSSR count). The van der Waals surface area contributed by atoms with E-state index in [2.05, 4.69) is 29.5 Å². The van der Waals surface area contributed by atoms with Crippen molar-refractivity contribution in [1.82, 2.24) is 0 Å². The van der Waals surface area contributed by atoms with Gasteiger partial charge < -0.3 is 10.5 Å². The first-order chi connectivity index (χ1) is 9.11. The van der Waals surface area contributed by atoms with E-state index in [0.717, 1.165) is 29.3 Å². The molecule has 0 heterocycles. The molecule has 1 fully saturated rings. The van der Waals surface area contributed by atoms with E-state index in [4.69, 9.17) is 10.5 Å². The fraction of sp³-hybridized carbons (Fsp3) is 0.533. The van der Waals surface area contributed by atoms with Crippen molar-refractivity contribution in [2.24, 2.45) is 5.92 Å². The van der Waals surface area contributed by atoms with Gasteiger partial charge in [0, 0.05) is 9.26 Å². The number of halogens is 1. The Balaban J connectivity index is 2.09. The van der Waals surface area contributed by atoms with Crippen LogP contribution >= 0.6 is 22.6 Å². The number of anilines is 1. The Bertz CT molecular complexity index is 461. The minimum Gasteiger partial charge on any atom is -0.458 e. The Hall–Kier alpha value is -0.780. The SMILES string of the molecule is CCC1CCCCC1OC(=O)c1cc(I)ccc1N. The number of benzene rings is 1. The Morgan fingerprint density at radius 2 is 2.16 bits per heavy atom. The topological polar surface area (TPSA) is 52.3 Å². The summed E-state index contributed by atoms with van der Waals surface area (Å²) in [4.78, 5) is 12.2. The van der Waals surface area contributed by atoms with Crippen LogP contribution in [0.1, 0.15) is 49.4 Å². The molecule has 0 spiro atoms. The molecule has 0 aliphatic heterocycles. The maximum Gasteiger partial charge on any atom is 0.340 e. The van der Waals surface area contributed by atoms with E-state index in [9.17, 15) is 4.79 Å². The quantitative estimate of drug-likeness (QED) is 0.495. The molecule has 1 aromatic carbocycles. The summed E-state index contributed by atoms with van der Waals surface area (Å²) in [6, 6.07) is 5.45. The lowest BCUT2D eigenvalue weighted by Crippen LogP contribution is -2.30. The van der Waals surface area contributed by atoms with Crippen LogP contribution in [0.25, 0.3) is 0 Å². The minimum absolute atomic E-state index is 0.0588. The molecule has 0 aromatic heterocycles. The molecule has 0 amide bonds. The smallest absolute Gasteiger partial charge is 0.340 e. The van der Waals surface area contributed by atoms with Gasteiger partial charge in [0.15, 0.2) is 0 Å². The number of nitrogen functional groups attached to an aromatic ring is 1. The average molecular weight is 373 g/mol. The van der Waals surface area contributed by atoms with Crippen molar-refractivity contribution < 1.29 is 9.53 Å². The molecule has 1 saturated carbocycles. The zero-order chi connectivity index (χ0) is 13.8. The number of ether oxygens (including phenoxy) is 1. The second-order valence-corrected chi connectivity index (χ2v) is 6.37. The van der Waals surface area contributed by atoms with Crippen molar-refractivity contribution in [3.63, 3.8) is 0 Å². The molecule has 104 valence electrons. The van der Waals surface area contributed by atoms with Crippen LogP contribution in [0, 0.1) is 9.49 Å². The molecule has 2 N–H and O–H groups in total. The number of nitrogens with two attached hydrogens (primary N) is 1. The lowest BCUT2D eigenvalue weighted by Gasteiger charge is -2.30. The Labute approximate surface area is 128 Å². The molecule has 4 heteroatoms. The van der Waals surface area contributed by atoms with Crippen LogP contribution in [0.3, 0.4) is 0 Å². The Kier molecular flexibility index (Phi) is 5.07. The maximum atomic E-state index is 12.2.